The Morgan fingerprint density at radius 2 is 1.91 bits per heavy atom. The molecule has 168 valence electrons. The highest BCUT2D eigenvalue weighted by atomic mass is 16.3. The average Bonchev–Trinajstić information content (AvgIpc) is 3.27. The lowest BCUT2D eigenvalue weighted by atomic mass is 10.1. The van der Waals surface area contributed by atoms with E-state index in [1.807, 2.05) is 41.3 Å². The summed E-state index contributed by atoms with van der Waals surface area (Å²) in [7, 11) is 0. The number of likely N-dealkylation sites (tertiary alicyclic amines) is 1. The van der Waals surface area contributed by atoms with Crippen molar-refractivity contribution in [1.29, 1.82) is 0 Å². The number of aromatic nitrogens is 1. The summed E-state index contributed by atoms with van der Waals surface area (Å²) >= 11 is 0. The molecule has 4 rings (SSSR count). The number of carbonyl (C=O) groups excluding carboxylic acids is 1. The molecular weight excluding hydrogens is 402 g/mol. The van der Waals surface area contributed by atoms with Crippen LogP contribution in [0.5, 0.6) is 5.75 Å². The topological polar surface area (TPSA) is 65.8 Å². The normalized spacial score (nSPS) is 17.5. The van der Waals surface area contributed by atoms with Crippen molar-refractivity contribution in [3.63, 3.8) is 0 Å². The maximum absolute atomic E-state index is 13.7. The Morgan fingerprint density at radius 1 is 1.16 bits per heavy atom. The monoisotopic (exact) mass is 433 g/mol. The molecule has 1 aliphatic rings. The number of likely N-dealkylation sites (N-methyl/N-ethyl adjacent to an activating group) is 1. The predicted octanol–water partition coefficient (Wildman–Crippen LogP) is 3.78. The molecule has 2 unspecified atom stereocenters. The summed E-state index contributed by atoms with van der Waals surface area (Å²) in [5, 5.41) is 11.1. The van der Waals surface area contributed by atoms with Gasteiger partial charge in [0.1, 0.15) is 11.8 Å². The van der Waals surface area contributed by atoms with E-state index in [4.69, 9.17) is 0 Å². The number of rotatable bonds is 7. The maximum atomic E-state index is 13.7. The van der Waals surface area contributed by atoms with Gasteiger partial charge in [0, 0.05) is 30.7 Å². The van der Waals surface area contributed by atoms with Gasteiger partial charge in [-0.3, -0.25) is 14.5 Å². The minimum Gasteiger partial charge on any atom is -0.508 e. The number of fused-ring (bicyclic) bond motifs is 1. The van der Waals surface area contributed by atoms with Gasteiger partial charge in [0.15, 0.2) is 0 Å². The molecule has 0 aliphatic carbocycles. The van der Waals surface area contributed by atoms with Gasteiger partial charge >= 0.3 is 0 Å². The van der Waals surface area contributed by atoms with Crippen LogP contribution < -0.4 is 5.56 Å². The van der Waals surface area contributed by atoms with Crippen LogP contribution in [0.4, 0.5) is 0 Å². The van der Waals surface area contributed by atoms with Crippen molar-refractivity contribution in [3.8, 4) is 5.75 Å². The summed E-state index contributed by atoms with van der Waals surface area (Å²) < 4.78 is 1.54. The fourth-order valence-corrected chi connectivity index (χ4v) is 4.72. The Hall–Kier alpha value is -3.12. The molecule has 1 aromatic heterocycles. The average molecular weight is 434 g/mol. The van der Waals surface area contributed by atoms with E-state index >= 15 is 0 Å². The Bertz CT molecular complexity index is 1140. The van der Waals surface area contributed by atoms with Crippen LogP contribution in [0.15, 0.2) is 65.6 Å². The first-order valence-corrected chi connectivity index (χ1v) is 11.4. The minimum atomic E-state index is -0.610. The Balaban J connectivity index is 1.63. The number of phenols is 1. The second kappa shape index (κ2) is 9.57. The lowest BCUT2D eigenvalue weighted by molar-refractivity contribution is -0.135. The molecule has 1 aliphatic heterocycles. The highest BCUT2D eigenvalue weighted by Crippen LogP contribution is 2.22. The molecule has 32 heavy (non-hydrogen) atoms. The van der Waals surface area contributed by atoms with Gasteiger partial charge in [-0.1, -0.05) is 37.3 Å². The Morgan fingerprint density at radius 3 is 2.66 bits per heavy atom. The fourth-order valence-electron chi connectivity index (χ4n) is 4.72. The van der Waals surface area contributed by atoms with Gasteiger partial charge in [-0.2, -0.15) is 0 Å². The second-order valence-electron chi connectivity index (χ2n) is 8.60. The second-order valence-corrected chi connectivity index (χ2v) is 8.60. The number of phenolic OH excluding ortho intramolecular Hbond substituents is 1. The first-order chi connectivity index (χ1) is 15.5. The quantitative estimate of drug-likeness (QED) is 0.616. The van der Waals surface area contributed by atoms with Crippen LogP contribution in [0.25, 0.3) is 10.8 Å². The maximum Gasteiger partial charge on any atom is 0.259 e. The molecule has 0 radical (unpaired) electrons. The molecule has 1 amide bonds. The minimum absolute atomic E-state index is 0.0709. The van der Waals surface area contributed by atoms with Crippen LogP contribution in [0.3, 0.4) is 0 Å². The number of aromatic hydroxyl groups is 1. The van der Waals surface area contributed by atoms with Gasteiger partial charge in [-0.15, -0.1) is 0 Å². The van der Waals surface area contributed by atoms with Gasteiger partial charge in [0.25, 0.3) is 5.56 Å². The van der Waals surface area contributed by atoms with E-state index in [1.54, 1.807) is 35.9 Å². The van der Waals surface area contributed by atoms with E-state index < -0.39 is 6.04 Å². The number of benzene rings is 2. The molecule has 3 aromatic rings. The van der Waals surface area contributed by atoms with Crippen molar-refractivity contribution < 1.29 is 9.90 Å². The van der Waals surface area contributed by atoms with E-state index in [0.717, 1.165) is 36.9 Å². The third-order valence-corrected chi connectivity index (χ3v) is 6.57. The standard InChI is InChI=1S/C26H31N3O3/c1-3-27-15-6-8-22(27)18-28(17-20-10-12-23(30)13-11-20)25(31)19(2)29-16-14-21-7-4-5-9-24(21)26(29)32/h4-5,7,9-14,16,19,22,30H,3,6,8,15,17-18H2,1-2H3. The zero-order valence-corrected chi connectivity index (χ0v) is 18.8. The van der Waals surface area contributed by atoms with E-state index in [2.05, 4.69) is 11.8 Å². The van der Waals surface area contributed by atoms with Gasteiger partial charge in [-0.25, -0.2) is 0 Å². The summed E-state index contributed by atoms with van der Waals surface area (Å²) in [5.74, 6) is 0.133. The van der Waals surface area contributed by atoms with E-state index in [9.17, 15) is 14.7 Å². The summed E-state index contributed by atoms with van der Waals surface area (Å²) in [6.45, 7) is 7.05. The van der Waals surface area contributed by atoms with Gasteiger partial charge in [-0.05, 0) is 68.1 Å². The summed E-state index contributed by atoms with van der Waals surface area (Å²) in [6.07, 6.45) is 3.93. The summed E-state index contributed by atoms with van der Waals surface area (Å²) in [5.41, 5.74) is 0.805. The Labute approximate surface area is 188 Å². The van der Waals surface area contributed by atoms with Crippen LogP contribution in [0.1, 0.15) is 38.3 Å². The number of carbonyl (C=O) groups is 1. The molecular formula is C26H31N3O3. The van der Waals surface area contributed by atoms with E-state index in [0.29, 0.717) is 24.5 Å². The molecule has 2 aromatic carbocycles. The third kappa shape index (κ3) is 4.55. The largest absolute Gasteiger partial charge is 0.508 e. The van der Waals surface area contributed by atoms with Crippen molar-refractivity contribution in [2.45, 2.75) is 45.3 Å². The number of hydrogen-bond acceptors (Lipinski definition) is 4. The van der Waals surface area contributed by atoms with Gasteiger partial charge in [0.2, 0.25) is 5.91 Å². The zero-order valence-electron chi connectivity index (χ0n) is 18.8. The molecule has 0 saturated carbocycles. The highest BCUT2D eigenvalue weighted by Gasteiger charge is 2.30. The molecule has 2 atom stereocenters. The fraction of sp³-hybridized carbons (Fsp3) is 0.385. The van der Waals surface area contributed by atoms with E-state index in [1.165, 1.54) is 0 Å². The van der Waals surface area contributed by atoms with Crippen molar-refractivity contribution in [2.75, 3.05) is 19.6 Å². The molecule has 1 N–H and O–H groups in total. The number of hydrogen-bond donors (Lipinski definition) is 1. The smallest absolute Gasteiger partial charge is 0.259 e. The van der Waals surface area contributed by atoms with Crippen molar-refractivity contribution in [2.24, 2.45) is 0 Å². The summed E-state index contributed by atoms with van der Waals surface area (Å²) in [4.78, 5) is 31.1. The molecule has 6 nitrogen and oxygen atoms in total. The molecule has 0 bridgehead atoms. The molecule has 2 heterocycles. The SMILES string of the molecule is CCN1CCCC1CN(Cc1ccc(O)cc1)C(=O)C(C)n1ccc2ccccc2c1=O. The van der Waals surface area contributed by atoms with Crippen molar-refractivity contribution >= 4 is 16.7 Å². The van der Waals surface area contributed by atoms with Crippen molar-refractivity contribution in [1.82, 2.24) is 14.4 Å². The number of nitrogens with zero attached hydrogens (tertiary/aromatic N) is 3. The van der Waals surface area contributed by atoms with Crippen molar-refractivity contribution in [3.05, 3.63) is 76.7 Å². The molecule has 0 spiro atoms. The van der Waals surface area contributed by atoms with Crippen LogP contribution in [-0.4, -0.2) is 51.1 Å². The van der Waals surface area contributed by atoms with Crippen LogP contribution >= 0.6 is 0 Å². The van der Waals surface area contributed by atoms with Crippen LogP contribution in [-0.2, 0) is 11.3 Å². The number of pyridine rings is 1. The zero-order chi connectivity index (χ0) is 22.7. The van der Waals surface area contributed by atoms with E-state index in [-0.39, 0.29) is 17.2 Å². The summed E-state index contributed by atoms with van der Waals surface area (Å²) in [6, 6.07) is 16.0. The first-order valence-electron chi connectivity index (χ1n) is 11.4. The lowest BCUT2D eigenvalue weighted by Gasteiger charge is -2.32. The van der Waals surface area contributed by atoms with Crippen LogP contribution in [0.2, 0.25) is 0 Å². The first kappa shape index (κ1) is 22.1. The number of amides is 1. The lowest BCUT2D eigenvalue weighted by Crippen LogP contribution is -2.45. The Kier molecular flexibility index (Phi) is 6.61. The molecule has 1 saturated heterocycles. The van der Waals surface area contributed by atoms with Gasteiger partial charge < -0.3 is 14.6 Å². The highest BCUT2D eigenvalue weighted by molar-refractivity contribution is 5.83. The predicted molar refractivity (Wildman–Crippen MR) is 127 cm³/mol. The molecule has 1 fully saturated rings. The third-order valence-electron chi connectivity index (χ3n) is 6.57. The molecule has 6 heteroatoms. The van der Waals surface area contributed by atoms with Crippen LogP contribution in [0, 0.1) is 0 Å². The van der Waals surface area contributed by atoms with Gasteiger partial charge in [0.05, 0.1) is 0 Å².